The molecule has 0 atom stereocenters. The molecule has 1 N–H and O–H groups in total. The Morgan fingerprint density at radius 3 is 2.77 bits per heavy atom. The summed E-state index contributed by atoms with van der Waals surface area (Å²) in [4.78, 5) is 5.27. The zero-order valence-electron chi connectivity index (χ0n) is 7.99. The van der Waals surface area contributed by atoms with Crippen molar-refractivity contribution in [3.63, 3.8) is 0 Å². The Bertz CT molecular complexity index is 213. The van der Waals surface area contributed by atoms with E-state index in [1.54, 1.807) is 0 Å². The molecular weight excluding hydrogens is 180 g/mol. The molecule has 0 saturated carbocycles. The molecule has 0 bridgehead atoms. The largest absolute Gasteiger partial charge is 0.316 e. The molecule has 0 unspecified atom stereocenters. The van der Waals surface area contributed by atoms with Crippen LogP contribution in [-0.2, 0) is 0 Å². The molecule has 1 aromatic heterocycles. The normalized spacial score (nSPS) is 10.2. The van der Waals surface area contributed by atoms with Crippen LogP contribution in [0.3, 0.4) is 0 Å². The topological polar surface area (TPSA) is 24.9 Å². The first-order valence-corrected chi connectivity index (χ1v) is 5.65. The van der Waals surface area contributed by atoms with Gasteiger partial charge in [0.05, 0.1) is 0 Å². The Kier molecular flexibility index (Phi) is 5.61. The lowest BCUT2D eigenvalue weighted by molar-refractivity contribution is 0.707. The molecule has 0 spiro atoms. The molecule has 0 amide bonds. The van der Waals surface area contributed by atoms with Crippen LogP contribution in [0.25, 0.3) is 0 Å². The van der Waals surface area contributed by atoms with Crippen molar-refractivity contribution in [2.24, 2.45) is 0 Å². The van der Waals surface area contributed by atoms with Gasteiger partial charge in [0.15, 0.2) is 0 Å². The van der Waals surface area contributed by atoms with Gasteiger partial charge in [0.2, 0.25) is 0 Å². The Balaban J connectivity index is 2.07. The Morgan fingerprint density at radius 2 is 2.08 bits per heavy atom. The number of aromatic nitrogens is 1. The molecule has 1 heterocycles. The van der Waals surface area contributed by atoms with Crippen LogP contribution in [0.4, 0.5) is 0 Å². The number of rotatable bonds is 6. The lowest BCUT2D eigenvalue weighted by Gasteiger charge is -2.02. The molecule has 0 fully saturated rings. The molecule has 1 aromatic rings. The predicted molar refractivity (Wildman–Crippen MR) is 58.1 cm³/mol. The SMILES string of the molecule is CCCNCCSc1ccncc1. The Hall–Kier alpha value is -0.540. The molecule has 3 heteroatoms. The van der Waals surface area contributed by atoms with E-state index in [1.807, 2.05) is 36.3 Å². The van der Waals surface area contributed by atoms with Gasteiger partial charge in [-0.2, -0.15) is 0 Å². The summed E-state index contributed by atoms with van der Waals surface area (Å²) in [5, 5.41) is 3.37. The highest BCUT2D eigenvalue weighted by atomic mass is 32.2. The molecule has 0 aliphatic heterocycles. The van der Waals surface area contributed by atoms with Crippen molar-refractivity contribution < 1.29 is 0 Å². The quantitative estimate of drug-likeness (QED) is 0.557. The minimum atomic E-state index is 1.08. The zero-order chi connectivity index (χ0) is 9.36. The number of nitrogens with zero attached hydrogens (tertiary/aromatic N) is 1. The third-order valence-corrected chi connectivity index (χ3v) is 2.64. The van der Waals surface area contributed by atoms with Crippen LogP contribution in [0.5, 0.6) is 0 Å². The van der Waals surface area contributed by atoms with E-state index in [0.29, 0.717) is 0 Å². The average molecular weight is 196 g/mol. The van der Waals surface area contributed by atoms with E-state index in [1.165, 1.54) is 11.3 Å². The highest BCUT2D eigenvalue weighted by molar-refractivity contribution is 7.99. The van der Waals surface area contributed by atoms with Crippen molar-refractivity contribution >= 4 is 11.8 Å². The van der Waals surface area contributed by atoms with Gasteiger partial charge in [0.1, 0.15) is 0 Å². The van der Waals surface area contributed by atoms with Crippen molar-refractivity contribution in [3.05, 3.63) is 24.5 Å². The first-order valence-electron chi connectivity index (χ1n) is 4.67. The van der Waals surface area contributed by atoms with Gasteiger partial charge in [0.25, 0.3) is 0 Å². The van der Waals surface area contributed by atoms with Gasteiger partial charge in [-0.05, 0) is 25.1 Å². The van der Waals surface area contributed by atoms with Crippen molar-refractivity contribution in [1.82, 2.24) is 10.3 Å². The van der Waals surface area contributed by atoms with Gasteiger partial charge in [0, 0.05) is 29.6 Å². The van der Waals surface area contributed by atoms with Crippen LogP contribution in [0, 0.1) is 0 Å². The number of thioether (sulfide) groups is 1. The van der Waals surface area contributed by atoms with Crippen LogP contribution in [0.2, 0.25) is 0 Å². The van der Waals surface area contributed by atoms with Crippen molar-refractivity contribution in [2.45, 2.75) is 18.2 Å². The van der Waals surface area contributed by atoms with E-state index in [9.17, 15) is 0 Å². The molecule has 0 aromatic carbocycles. The van der Waals surface area contributed by atoms with Crippen LogP contribution < -0.4 is 5.32 Å². The molecular formula is C10H16N2S. The number of nitrogens with one attached hydrogen (secondary N) is 1. The van der Waals surface area contributed by atoms with E-state index in [4.69, 9.17) is 0 Å². The Labute approximate surface area is 84.1 Å². The molecule has 1 rings (SSSR count). The van der Waals surface area contributed by atoms with Gasteiger partial charge < -0.3 is 5.32 Å². The summed E-state index contributed by atoms with van der Waals surface area (Å²) < 4.78 is 0. The highest BCUT2D eigenvalue weighted by Crippen LogP contribution is 2.14. The molecule has 0 aliphatic rings. The first kappa shape index (κ1) is 10.5. The standard InChI is InChI=1S/C10H16N2S/c1-2-5-11-8-9-13-10-3-6-12-7-4-10/h3-4,6-7,11H,2,5,8-9H2,1H3. The molecule has 72 valence electrons. The highest BCUT2D eigenvalue weighted by Gasteiger charge is 1.91. The van der Waals surface area contributed by atoms with Crippen LogP contribution in [0.15, 0.2) is 29.4 Å². The van der Waals surface area contributed by atoms with Crippen LogP contribution in [0.1, 0.15) is 13.3 Å². The van der Waals surface area contributed by atoms with Crippen LogP contribution in [-0.4, -0.2) is 23.8 Å². The average Bonchev–Trinajstić information content (AvgIpc) is 2.19. The summed E-state index contributed by atoms with van der Waals surface area (Å²) in [5.74, 6) is 1.13. The van der Waals surface area contributed by atoms with E-state index >= 15 is 0 Å². The van der Waals surface area contributed by atoms with Gasteiger partial charge in [-0.3, -0.25) is 4.98 Å². The van der Waals surface area contributed by atoms with E-state index in [2.05, 4.69) is 17.2 Å². The predicted octanol–water partition coefficient (Wildman–Crippen LogP) is 2.17. The number of hydrogen-bond donors (Lipinski definition) is 1. The van der Waals surface area contributed by atoms with Gasteiger partial charge in [-0.1, -0.05) is 6.92 Å². The maximum Gasteiger partial charge on any atom is 0.0278 e. The monoisotopic (exact) mass is 196 g/mol. The lowest BCUT2D eigenvalue weighted by atomic mass is 10.5. The summed E-state index contributed by atoms with van der Waals surface area (Å²) in [5.41, 5.74) is 0. The van der Waals surface area contributed by atoms with E-state index in [-0.39, 0.29) is 0 Å². The zero-order valence-corrected chi connectivity index (χ0v) is 8.81. The number of pyridine rings is 1. The Morgan fingerprint density at radius 1 is 1.31 bits per heavy atom. The smallest absolute Gasteiger partial charge is 0.0278 e. The van der Waals surface area contributed by atoms with Crippen molar-refractivity contribution in [2.75, 3.05) is 18.8 Å². The maximum absolute atomic E-state index is 3.97. The fourth-order valence-corrected chi connectivity index (χ4v) is 1.77. The summed E-state index contributed by atoms with van der Waals surface area (Å²) in [7, 11) is 0. The lowest BCUT2D eigenvalue weighted by Crippen LogP contribution is -2.17. The summed E-state index contributed by atoms with van der Waals surface area (Å²) >= 11 is 1.87. The summed E-state index contributed by atoms with van der Waals surface area (Å²) in [6.45, 7) is 4.39. The fraction of sp³-hybridized carbons (Fsp3) is 0.500. The van der Waals surface area contributed by atoms with Crippen molar-refractivity contribution in [3.8, 4) is 0 Å². The minimum absolute atomic E-state index is 1.08. The van der Waals surface area contributed by atoms with Gasteiger partial charge >= 0.3 is 0 Å². The molecule has 13 heavy (non-hydrogen) atoms. The second-order valence-corrected chi connectivity index (χ2v) is 3.95. The molecule has 0 aliphatic carbocycles. The van der Waals surface area contributed by atoms with Crippen LogP contribution >= 0.6 is 11.8 Å². The van der Waals surface area contributed by atoms with Gasteiger partial charge in [-0.25, -0.2) is 0 Å². The fourth-order valence-electron chi connectivity index (χ4n) is 0.977. The van der Waals surface area contributed by atoms with E-state index < -0.39 is 0 Å². The van der Waals surface area contributed by atoms with Gasteiger partial charge in [-0.15, -0.1) is 11.8 Å². The molecule has 0 saturated heterocycles. The third-order valence-electron chi connectivity index (χ3n) is 1.62. The minimum Gasteiger partial charge on any atom is -0.316 e. The van der Waals surface area contributed by atoms with E-state index in [0.717, 1.165) is 18.8 Å². The molecule has 0 radical (unpaired) electrons. The molecule has 2 nitrogen and oxygen atoms in total. The second kappa shape index (κ2) is 6.92. The number of hydrogen-bond acceptors (Lipinski definition) is 3. The second-order valence-electron chi connectivity index (χ2n) is 2.78. The maximum atomic E-state index is 3.97. The third kappa shape index (κ3) is 4.90. The summed E-state index contributed by atoms with van der Waals surface area (Å²) in [6.07, 6.45) is 4.88. The first-order chi connectivity index (χ1) is 6.43. The van der Waals surface area contributed by atoms with Crippen molar-refractivity contribution in [1.29, 1.82) is 0 Å². The summed E-state index contributed by atoms with van der Waals surface area (Å²) in [6, 6.07) is 4.09.